The van der Waals surface area contributed by atoms with E-state index in [9.17, 15) is 4.79 Å². The molecule has 0 atom stereocenters. The number of nitriles is 1. The van der Waals surface area contributed by atoms with Crippen molar-refractivity contribution in [3.05, 3.63) is 33.8 Å². The molecule has 66 valence electrons. The molecule has 0 radical (unpaired) electrons. The average molecular weight is 238 g/mol. The Balaban J connectivity index is 3.10. The van der Waals surface area contributed by atoms with Gasteiger partial charge < -0.3 is 0 Å². The molecule has 1 aromatic rings. The second-order valence-corrected chi connectivity index (χ2v) is 3.71. The van der Waals surface area contributed by atoms with E-state index in [0.717, 1.165) is 10.0 Å². The third-order valence-electron chi connectivity index (χ3n) is 1.63. The lowest BCUT2D eigenvalue weighted by Crippen LogP contribution is -1.98. The lowest BCUT2D eigenvalue weighted by Gasteiger charge is -2.01. The van der Waals surface area contributed by atoms with Gasteiger partial charge in [-0.05, 0) is 30.7 Å². The van der Waals surface area contributed by atoms with Gasteiger partial charge in [-0.2, -0.15) is 5.26 Å². The van der Waals surface area contributed by atoms with Crippen LogP contribution in [0.15, 0.2) is 22.7 Å². The molecule has 0 saturated carbocycles. The zero-order valence-corrected chi connectivity index (χ0v) is 8.76. The Hall–Kier alpha value is -1.14. The van der Waals surface area contributed by atoms with Crippen LogP contribution in [0.2, 0.25) is 0 Å². The van der Waals surface area contributed by atoms with E-state index in [0.29, 0.717) is 12.0 Å². The summed E-state index contributed by atoms with van der Waals surface area (Å²) in [5.41, 5.74) is 1.35. The van der Waals surface area contributed by atoms with Gasteiger partial charge in [-0.3, -0.25) is 4.79 Å². The number of hydrogen-bond donors (Lipinski definition) is 0. The standard InChI is InChI=1S/C10H8BrNO/c1-7(13)4-9-5-10(11)3-2-8(9)6-12/h2-3,5H,4H2,1H3. The van der Waals surface area contributed by atoms with Crippen molar-refractivity contribution < 1.29 is 4.79 Å². The Morgan fingerprint density at radius 3 is 2.85 bits per heavy atom. The lowest BCUT2D eigenvalue weighted by molar-refractivity contribution is -0.116. The number of rotatable bonds is 2. The zero-order valence-electron chi connectivity index (χ0n) is 7.17. The number of carbonyl (C=O) groups is 1. The van der Waals surface area contributed by atoms with Crippen molar-refractivity contribution in [3.8, 4) is 6.07 Å². The van der Waals surface area contributed by atoms with E-state index in [1.807, 2.05) is 0 Å². The molecule has 0 aliphatic carbocycles. The van der Waals surface area contributed by atoms with Crippen molar-refractivity contribution in [2.75, 3.05) is 0 Å². The third-order valence-corrected chi connectivity index (χ3v) is 2.12. The maximum absolute atomic E-state index is 10.9. The molecule has 0 heterocycles. The first-order chi connectivity index (χ1) is 6.13. The molecule has 0 unspecified atom stereocenters. The van der Waals surface area contributed by atoms with Gasteiger partial charge in [0.25, 0.3) is 0 Å². The summed E-state index contributed by atoms with van der Waals surface area (Å²) < 4.78 is 0.891. The van der Waals surface area contributed by atoms with Gasteiger partial charge in [0.05, 0.1) is 11.6 Å². The van der Waals surface area contributed by atoms with Gasteiger partial charge in [-0.25, -0.2) is 0 Å². The van der Waals surface area contributed by atoms with Crippen molar-refractivity contribution in [2.24, 2.45) is 0 Å². The van der Waals surface area contributed by atoms with E-state index >= 15 is 0 Å². The molecule has 0 aliphatic rings. The number of carbonyl (C=O) groups excluding carboxylic acids is 1. The highest BCUT2D eigenvalue weighted by Crippen LogP contribution is 2.16. The molecule has 13 heavy (non-hydrogen) atoms. The minimum Gasteiger partial charge on any atom is -0.300 e. The summed E-state index contributed by atoms with van der Waals surface area (Å²) >= 11 is 3.29. The molecule has 0 aromatic heterocycles. The molecule has 0 aliphatic heterocycles. The number of benzene rings is 1. The molecular formula is C10H8BrNO. The van der Waals surface area contributed by atoms with Crippen LogP contribution in [0.4, 0.5) is 0 Å². The molecule has 0 spiro atoms. The maximum Gasteiger partial charge on any atom is 0.134 e. The number of nitrogens with zero attached hydrogens (tertiary/aromatic N) is 1. The van der Waals surface area contributed by atoms with Crippen LogP contribution in [0.25, 0.3) is 0 Å². The summed E-state index contributed by atoms with van der Waals surface area (Å²) in [5, 5.41) is 8.75. The Kier molecular flexibility index (Phi) is 3.21. The van der Waals surface area contributed by atoms with E-state index in [4.69, 9.17) is 5.26 Å². The first-order valence-electron chi connectivity index (χ1n) is 3.81. The maximum atomic E-state index is 10.9. The fourth-order valence-electron chi connectivity index (χ4n) is 1.09. The molecule has 0 bridgehead atoms. The highest BCUT2D eigenvalue weighted by Gasteiger charge is 2.04. The molecule has 3 heteroatoms. The monoisotopic (exact) mass is 237 g/mol. The number of ketones is 1. The predicted octanol–water partition coefficient (Wildman–Crippen LogP) is 2.45. The summed E-state index contributed by atoms with van der Waals surface area (Å²) in [6, 6.07) is 7.37. The first kappa shape index (κ1) is 9.94. The minimum absolute atomic E-state index is 0.0644. The van der Waals surface area contributed by atoms with E-state index in [2.05, 4.69) is 22.0 Å². The molecule has 0 N–H and O–H groups in total. The van der Waals surface area contributed by atoms with Crippen molar-refractivity contribution in [2.45, 2.75) is 13.3 Å². The minimum atomic E-state index is 0.0644. The Morgan fingerprint density at radius 2 is 2.31 bits per heavy atom. The first-order valence-corrected chi connectivity index (χ1v) is 4.60. The van der Waals surface area contributed by atoms with Gasteiger partial charge >= 0.3 is 0 Å². The quantitative estimate of drug-likeness (QED) is 0.793. The summed E-state index contributed by atoms with van der Waals surface area (Å²) in [6.45, 7) is 1.52. The van der Waals surface area contributed by atoms with Crippen molar-refractivity contribution >= 4 is 21.7 Å². The number of hydrogen-bond acceptors (Lipinski definition) is 2. The Morgan fingerprint density at radius 1 is 1.62 bits per heavy atom. The van der Waals surface area contributed by atoms with Gasteiger partial charge in [-0.15, -0.1) is 0 Å². The van der Waals surface area contributed by atoms with E-state index in [-0.39, 0.29) is 5.78 Å². The second-order valence-electron chi connectivity index (χ2n) is 2.79. The van der Waals surface area contributed by atoms with Crippen LogP contribution < -0.4 is 0 Å². The zero-order chi connectivity index (χ0) is 9.84. The Labute approximate surface area is 85.3 Å². The molecule has 2 nitrogen and oxygen atoms in total. The van der Waals surface area contributed by atoms with Crippen molar-refractivity contribution in [1.82, 2.24) is 0 Å². The van der Waals surface area contributed by atoms with Crippen LogP contribution in [-0.4, -0.2) is 5.78 Å². The van der Waals surface area contributed by atoms with Crippen LogP contribution in [0.5, 0.6) is 0 Å². The predicted molar refractivity (Wildman–Crippen MR) is 53.2 cm³/mol. The van der Waals surface area contributed by atoms with E-state index in [1.165, 1.54) is 6.92 Å². The van der Waals surface area contributed by atoms with E-state index < -0.39 is 0 Å². The van der Waals surface area contributed by atoms with Gasteiger partial charge in [-0.1, -0.05) is 15.9 Å². The SMILES string of the molecule is CC(=O)Cc1cc(Br)ccc1C#N. The van der Waals surface area contributed by atoms with Crippen molar-refractivity contribution in [3.63, 3.8) is 0 Å². The molecule has 0 fully saturated rings. The summed E-state index contributed by atoms with van der Waals surface area (Å²) in [6.07, 6.45) is 0.322. The molecule has 1 rings (SSSR count). The highest BCUT2D eigenvalue weighted by atomic mass is 79.9. The summed E-state index contributed by atoms with van der Waals surface area (Å²) in [5.74, 6) is 0.0644. The number of halogens is 1. The topological polar surface area (TPSA) is 40.9 Å². The van der Waals surface area contributed by atoms with Gasteiger partial charge in [0.15, 0.2) is 0 Å². The average Bonchev–Trinajstić information content (AvgIpc) is 2.03. The van der Waals surface area contributed by atoms with Crippen LogP contribution in [0.1, 0.15) is 18.1 Å². The molecular weight excluding hydrogens is 230 g/mol. The summed E-state index contributed by atoms with van der Waals surface area (Å²) in [4.78, 5) is 10.9. The highest BCUT2D eigenvalue weighted by molar-refractivity contribution is 9.10. The molecule has 0 amide bonds. The Bertz CT molecular complexity index is 379. The van der Waals surface area contributed by atoms with Crippen LogP contribution in [0.3, 0.4) is 0 Å². The smallest absolute Gasteiger partial charge is 0.134 e. The van der Waals surface area contributed by atoms with Crippen LogP contribution in [-0.2, 0) is 11.2 Å². The van der Waals surface area contributed by atoms with Crippen molar-refractivity contribution in [1.29, 1.82) is 5.26 Å². The number of Topliss-reactive ketones (excluding diaryl/α,β-unsaturated/α-hetero) is 1. The van der Waals surface area contributed by atoms with E-state index in [1.54, 1.807) is 18.2 Å². The normalized spacial score (nSPS) is 9.31. The lowest BCUT2D eigenvalue weighted by atomic mass is 10.0. The second kappa shape index (κ2) is 4.20. The fourth-order valence-corrected chi connectivity index (χ4v) is 1.49. The largest absolute Gasteiger partial charge is 0.300 e. The third kappa shape index (κ3) is 2.67. The summed E-state index contributed by atoms with van der Waals surface area (Å²) in [7, 11) is 0. The van der Waals surface area contributed by atoms with Gasteiger partial charge in [0.1, 0.15) is 5.78 Å². The fraction of sp³-hybridized carbons (Fsp3) is 0.200. The molecule has 0 saturated heterocycles. The van der Waals surface area contributed by atoms with Gasteiger partial charge in [0.2, 0.25) is 0 Å². The van der Waals surface area contributed by atoms with Gasteiger partial charge in [0, 0.05) is 10.9 Å². The van der Waals surface area contributed by atoms with Crippen LogP contribution in [0, 0.1) is 11.3 Å². The molecule has 1 aromatic carbocycles. The van der Waals surface area contributed by atoms with Crippen LogP contribution >= 0.6 is 15.9 Å².